The fourth-order valence-electron chi connectivity index (χ4n) is 7.04. The van der Waals surface area contributed by atoms with E-state index in [2.05, 4.69) is 124 Å². The van der Waals surface area contributed by atoms with Crippen LogP contribution in [-0.4, -0.2) is 21.1 Å². The molecule has 0 aliphatic carbocycles. The van der Waals surface area contributed by atoms with Crippen molar-refractivity contribution in [1.82, 2.24) is 15.0 Å². The highest BCUT2D eigenvalue weighted by Crippen LogP contribution is 2.40. The van der Waals surface area contributed by atoms with Gasteiger partial charge in [0.2, 0.25) is 13.2 Å². The van der Waals surface area contributed by atoms with Crippen molar-refractivity contribution in [2.24, 2.45) is 0 Å². The van der Waals surface area contributed by atoms with Gasteiger partial charge in [0.15, 0.2) is 24.0 Å². The third kappa shape index (κ3) is 11.6. The number of para-hydroxylation sites is 2. The summed E-state index contributed by atoms with van der Waals surface area (Å²) in [4.78, 5) is 12.2. The van der Waals surface area contributed by atoms with Crippen LogP contribution in [0.5, 0.6) is 0 Å². The number of aryl methyl sites for hydroxylation is 1. The average Bonchev–Trinajstić information content (AvgIpc) is 3.56. The van der Waals surface area contributed by atoms with Crippen molar-refractivity contribution in [3.63, 3.8) is 0 Å². The van der Waals surface area contributed by atoms with Crippen LogP contribution in [0.3, 0.4) is 0 Å². The second-order valence-corrected chi connectivity index (χ2v) is 18.2. The lowest BCUT2D eigenvalue weighted by molar-refractivity contribution is -0.678. The molecule has 56 heavy (non-hydrogen) atoms. The molecule has 2 heterocycles. The largest absolute Gasteiger partial charge is 0.398 e. The van der Waals surface area contributed by atoms with Crippen LogP contribution >= 0.6 is 69.6 Å². The van der Waals surface area contributed by atoms with Crippen LogP contribution in [0.1, 0.15) is 75.7 Å². The molecule has 0 bridgehead atoms. The van der Waals surface area contributed by atoms with Gasteiger partial charge in [-0.1, -0.05) is 224 Å². The van der Waals surface area contributed by atoms with Crippen LogP contribution < -0.4 is 21.0 Å². The SMILES string of the molecule is CCCCCC[n+]1c(C=CC=Cc2nc(C(Cl)(Cl)Cl)nc(C(Cl)(Cl)Cl)n2)oc2ccccc21.CCCC[B-](c1ccccc1)(c1ccccc1)c1ccccc1. The van der Waals surface area contributed by atoms with Crippen molar-refractivity contribution in [3.8, 4) is 0 Å². The Morgan fingerprint density at radius 1 is 0.571 bits per heavy atom. The van der Waals surface area contributed by atoms with Gasteiger partial charge in [0, 0.05) is 12.5 Å². The molecule has 12 heteroatoms. The maximum atomic E-state index is 6.03. The molecule has 2 aromatic heterocycles. The fourth-order valence-corrected chi connectivity index (χ4v) is 7.54. The molecule has 4 aromatic carbocycles. The molecular weight excluding hydrogens is 824 g/mol. The lowest BCUT2D eigenvalue weighted by Crippen LogP contribution is -2.66. The monoisotopic (exact) mass is 866 g/mol. The zero-order valence-corrected chi connectivity index (χ0v) is 36.0. The van der Waals surface area contributed by atoms with Gasteiger partial charge in [-0.2, -0.15) is 27.3 Å². The number of oxazole rings is 1. The van der Waals surface area contributed by atoms with Crippen molar-refractivity contribution in [3.05, 3.63) is 151 Å². The number of allylic oxidation sites excluding steroid dienone is 2. The number of aromatic nitrogens is 4. The normalized spacial score (nSPS) is 12.4. The van der Waals surface area contributed by atoms with Crippen molar-refractivity contribution < 1.29 is 8.98 Å². The van der Waals surface area contributed by atoms with Gasteiger partial charge in [-0.15, -0.1) is 0 Å². The van der Waals surface area contributed by atoms with Crippen LogP contribution in [0.15, 0.2) is 132 Å². The molecule has 0 N–H and O–H groups in total. The first-order valence-electron chi connectivity index (χ1n) is 19.0. The molecule has 0 saturated heterocycles. The molecule has 0 spiro atoms. The van der Waals surface area contributed by atoms with Crippen molar-refractivity contribution in [2.75, 3.05) is 0 Å². The van der Waals surface area contributed by atoms with Crippen LogP contribution in [0.2, 0.25) is 6.32 Å². The van der Waals surface area contributed by atoms with Gasteiger partial charge < -0.3 is 4.42 Å². The molecule has 6 aromatic rings. The Bertz CT molecular complexity index is 2040. The van der Waals surface area contributed by atoms with Gasteiger partial charge in [0.25, 0.3) is 5.52 Å². The van der Waals surface area contributed by atoms with E-state index in [9.17, 15) is 0 Å². The molecule has 6 rings (SSSR count). The van der Waals surface area contributed by atoms with E-state index in [1.54, 1.807) is 18.2 Å². The molecular formula is C44H45BCl6N4O. The molecule has 0 fully saturated rings. The number of halogens is 6. The summed E-state index contributed by atoms with van der Waals surface area (Å²) in [5, 5.41) is 0. The smallest absolute Gasteiger partial charge is 0.374 e. The van der Waals surface area contributed by atoms with Crippen molar-refractivity contribution in [1.29, 1.82) is 0 Å². The topological polar surface area (TPSA) is 55.7 Å². The van der Waals surface area contributed by atoms with Crippen LogP contribution in [-0.2, 0) is 14.1 Å². The minimum atomic E-state index is -1.90. The Hall–Kier alpha value is -3.36. The number of hydrogen-bond acceptors (Lipinski definition) is 4. The number of fused-ring (bicyclic) bond motifs is 1. The zero-order valence-electron chi connectivity index (χ0n) is 31.5. The van der Waals surface area contributed by atoms with E-state index < -0.39 is 13.7 Å². The second kappa shape index (κ2) is 20.9. The number of alkyl halides is 6. The summed E-state index contributed by atoms with van der Waals surface area (Å²) < 4.78 is 4.40. The van der Waals surface area contributed by atoms with E-state index in [1.807, 2.05) is 30.3 Å². The molecule has 0 amide bonds. The zero-order chi connectivity index (χ0) is 40.0. The fraction of sp³-hybridized carbons (Fsp3) is 0.273. The van der Waals surface area contributed by atoms with Gasteiger partial charge in [-0.05, 0) is 18.6 Å². The number of benzene rings is 4. The molecule has 292 valence electrons. The van der Waals surface area contributed by atoms with Crippen LogP contribution in [0, 0.1) is 0 Å². The highest BCUT2D eigenvalue weighted by Gasteiger charge is 2.33. The van der Waals surface area contributed by atoms with Gasteiger partial charge in [-0.3, -0.25) is 0 Å². The van der Waals surface area contributed by atoms with E-state index in [-0.39, 0.29) is 17.5 Å². The molecule has 0 aliphatic rings. The lowest BCUT2D eigenvalue weighted by atomic mass is 9.14. The standard InChI is InChI=1S/C22H24B.C22H21Cl6N4O/c1-2-3-19-23(20-13-7-4-8-14-20,21-15-9-5-10-16-21)22-17-11-6-12-18-22;1-2-3-4-9-14-32-15-10-5-6-11-16(15)33-18(32)13-8-7-12-17-29-19(21(23,24)25)31-20(30-17)22(26,27)28/h4-18H,2-3,19H2,1H3;5-8,10-13H,2-4,9,14H2,1H3/q-1;+1. The van der Waals surface area contributed by atoms with E-state index in [1.165, 1.54) is 54.8 Å². The minimum absolute atomic E-state index is 0.144. The molecule has 5 nitrogen and oxygen atoms in total. The van der Waals surface area contributed by atoms with E-state index >= 15 is 0 Å². The highest BCUT2D eigenvalue weighted by molar-refractivity contribution is 7.11. The number of hydrogen-bond donors (Lipinski definition) is 0. The Balaban J connectivity index is 0.000000228. The maximum absolute atomic E-state index is 6.03. The van der Waals surface area contributed by atoms with Crippen molar-refractivity contribution in [2.45, 2.75) is 72.8 Å². The molecule has 0 radical (unpaired) electrons. The summed E-state index contributed by atoms with van der Waals surface area (Å²) in [5.41, 5.74) is 6.21. The minimum Gasteiger partial charge on any atom is -0.398 e. The Morgan fingerprint density at radius 3 is 1.55 bits per heavy atom. The van der Waals surface area contributed by atoms with Gasteiger partial charge in [-0.25, -0.2) is 15.0 Å². The molecule has 0 aliphatic heterocycles. The summed E-state index contributed by atoms with van der Waals surface area (Å²) in [5.74, 6) is 0.621. The first-order valence-corrected chi connectivity index (χ1v) is 21.2. The Kier molecular flexibility index (Phi) is 16.3. The molecule has 0 atom stereocenters. The van der Waals surface area contributed by atoms with Crippen LogP contribution in [0.25, 0.3) is 23.3 Å². The van der Waals surface area contributed by atoms with Gasteiger partial charge in [0.1, 0.15) is 0 Å². The van der Waals surface area contributed by atoms with E-state index in [0.717, 1.165) is 30.0 Å². The summed E-state index contributed by atoms with van der Waals surface area (Å²) >= 11 is 35.4. The lowest BCUT2D eigenvalue weighted by Gasteiger charge is -2.43. The van der Waals surface area contributed by atoms with E-state index in [0.29, 0.717) is 0 Å². The maximum Gasteiger partial charge on any atom is 0.374 e. The predicted octanol–water partition coefficient (Wildman–Crippen LogP) is 11.8. The predicted molar refractivity (Wildman–Crippen MR) is 241 cm³/mol. The summed E-state index contributed by atoms with van der Waals surface area (Å²) in [6.07, 6.45) is 14.3. The third-order valence-electron chi connectivity index (χ3n) is 9.72. The number of rotatable bonds is 14. The highest BCUT2D eigenvalue weighted by atomic mass is 35.6. The number of nitrogens with zero attached hydrogens (tertiary/aromatic N) is 4. The van der Waals surface area contributed by atoms with E-state index in [4.69, 9.17) is 74.0 Å². The average molecular weight is 869 g/mol. The third-order valence-corrected chi connectivity index (χ3v) is 10.7. The van der Waals surface area contributed by atoms with Gasteiger partial charge in [0.05, 0.1) is 12.2 Å². The first kappa shape index (κ1) is 43.8. The summed E-state index contributed by atoms with van der Waals surface area (Å²) in [6.45, 7) is 5.34. The van der Waals surface area contributed by atoms with Crippen molar-refractivity contribution >= 4 is 115 Å². The van der Waals surface area contributed by atoms with Crippen LogP contribution in [0.4, 0.5) is 0 Å². The molecule has 0 unspecified atom stereocenters. The summed E-state index contributed by atoms with van der Waals surface area (Å²) in [6, 6.07) is 41.1. The first-order chi connectivity index (χ1) is 27.0. The summed E-state index contributed by atoms with van der Waals surface area (Å²) in [7, 11) is 0. The Morgan fingerprint density at radius 2 is 1.05 bits per heavy atom. The second-order valence-electron chi connectivity index (χ2n) is 13.6. The quantitative estimate of drug-likeness (QED) is 0.0360. The Labute approximate surface area is 360 Å². The molecule has 0 saturated carbocycles. The van der Waals surface area contributed by atoms with Gasteiger partial charge >= 0.3 is 5.89 Å². The number of unbranched alkanes of at least 4 members (excludes halogenated alkanes) is 4.